The third-order valence-electron chi connectivity index (χ3n) is 3.88. The van der Waals surface area contributed by atoms with Crippen molar-refractivity contribution in [2.75, 3.05) is 39.4 Å². The lowest BCUT2D eigenvalue weighted by molar-refractivity contribution is 0.0949. The molecule has 1 atom stereocenters. The molecule has 1 heterocycles. The Kier molecular flexibility index (Phi) is 7.20. The van der Waals surface area contributed by atoms with E-state index in [9.17, 15) is 0 Å². The molecule has 118 valence electrons. The van der Waals surface area contributed by atoms with Gasteiger partial charge in [0.05, 0.1) is 0 Å². The first-order chi connectivity index (χ1) is 10.2. The summed E-state index contributed by atoms with van der Waals surface area (Å²) in [5, 5.41) is 3.64. The van der Waals surface area contributed by atoms with E-state index < -0.39 is 0 Å². The largest absolute Gasteiger partial charge is 0.381 e. The maximum atomic E-state index is 5.67. The highest BCUT2D eigenvalue weighted by atomic mass is 16.5. The number of hydrogen-bond donors (Lipinski definition) is 1. The molecule has 0 spiro atoms. The van der Waals surface area contributed by atoms with Crippen molar-refractivity contribution < 1.29 is 4.74 Å². The van der Waals surface area contributed by atoms with Gasteiger partial charge in [0.2, 0.25) is 0 Å². The molecule has 1 aromatic carbocycles. The molecule has 2 rings (SSSR count). The number of benzene rings is 1. The first-order valence-electron chi connectivity index (χ1n) is 8.31. The summed E-state index contributed by atoms with van der Waals surface area (Å²) >= 11 is 0. The Labute approximate surface area is 129 Å². The first kappa shape index (κ1) is 16.5. The van der Waals surface area contributed by atoms with E-state index in [4.69, 9.17) is 4.74 Å². The molecule has 3 heteroatoms. The lowest BCUT2D eigenvalue weighted by Gasteiger charge is -2.33. The predicted molar refractivity (Wildman–Crippen MR) is 88.7 cm³/mol. The Morgan fingerprint density at radius 3 is 2.86 bits per heavy atom. The Morgan fingerprint density at radius 1 is 1.29 bits per heavy atom. The van der Waals surface area contributed by atoms with Gasteiger partial charge in [-0.1, -0.05) is 44.2 Å². The molecule has 1 aliphatic rings. The molecule has 1 saturated heterocycles. The van der Waals surface area contributed by atoms with E-state index in [1.807, 2.05) is 0 Å². The third kappa shape index (κ3) is 6.60. The van der Waals surface area contributed by atoms with Crippen molar-refractivity contribution >= 4 is 0 Å². The molecule has 0 aliphatic carbocycles. The molecular formula is C18H30N2O. The van der Waals surface area contributed by atoms with Crippen LogP contribution in [0.3, 0.4) is 0 Å². The van der Waals surface area contributed by atoms with Crippen molar-refractivity contribution in [2.45, 2.75) is 32.7 Å². The molecular weight excluding hydrogens is 260 g/mol. The monoisotopic (exact) mass is 290 g/mol. The Hall–Kier alpha value is -0.900. The van der Waals surface area contributed by atoms with Crippen LogP contribution in [-0.4, -0.2) is 50.3 Å². The Morgan fingerprint density at radius 2 is 2.10 bits per heavy atom. The summed E-state index contributed by atoms with van der Waals surface area (Å²) in [5.74, 6) is 0.638. The van der Waals surface area contributed by atoms with Crippen molar-refractivity contribution in [3.8, 4) is 0 Å². The minimum atomic E-state index is 0.581. The summed E-state index contributed by atoms with van der Waals surface area (Å²) in [7, 11) is 0. The van der Waals surface area contributed by atoms with E-state index in [2.05, 4.69) is 54.4 Å². The van der Waals surface area contributed by atoms with E-state index >= 15 is 0 Å². The molecule has 0 radical (unpaired) electrons. The number of nitrogens with zero attached hydrogens (tertiary/aromatic N) is 1. The standard InChI is InChI=1S/C18H30N2O/c1-16(2)15-21-12-6-10-20-11-9-19-18(14-20)13-17-7-4-3-5-8-17/h3-5,7-8,16,18-19H,6,9-15H2,1-2H3. The van der Waals surface area contributed by atoms with E-state index in [0.717, 1.165) is 52.2 Å². The average molecular weight is 290 g/mol. The fourth-order valence-corrected chi connectivity index (χ4v) is 2.84. The van der Waals surface area contributed by atoms with Crippen LogP contribution in [0, 0.1) is 5.92 Å². The van der Waals surface area contributed by atoms with Crippen molar-refractivity contribution in [1.29, 1.82) is 0 Å². The normalized spacial score (nSPS) is 20.0. The summed E-state index contributed by atoms with van der Waals surface area (Å²) in [5.41, 5.74) is 1.43. The molecule has 1 fully saturated rings. The topological polar surface area (TPSA) is 24.5 Å². The van der Waals surface area contributed by atoms with Gasteiger partial charge in [-0.2, -0.15) is 0 Å². The maximum Gasteiger partial charge on any atom is 0.0489 e. The lowest BCUT2D eigenvalue weighted by atomic mass is 10.0. The highest BCUT2D eigenvalue weighted by Crippen LogP contribution is 2.08. The molecule has 1 N–H and O–H groups in total. The minimum Gasteiger partial charge on any atom is -0.381 e. The summed E-state index contributed by atoms with van der Waals surface area (Å²) in [6.45, 7) is 10.8. The van der Waals surface area contributed by atoms with Crippen molar-refractivity contribution in [3.05, 3.63) is 35.9 Å². The molecule has 0 bridgehead atoms. The van der Waals surface area contributed by atoms with Crippen LogP contribution < -0.4 is 5.32 Å². The van der Waals surface area contributed by atoms with Crippen LogP contribution in [0.15, 0.2) is 30.3 Å². The van der Waals surface area contributed by atoms with E-state index in [0.29, 0.717) is 12.0 Å². The SMILES string of the molecule is CC(C)COCCCN1CCNC(Cc2ccccc2)C1. The van der Waals surface area contributed by atoms with Crippen molar-refractivity contribution in [3.63, 3.8) is 0 Å². The number of rotatable bonds is 8. The number of nitrogens with one attached hydrogen (secondary N) is 1. The second-order valence-corrected chi connectivity index (χ2v) is 6.46. The predicted octanol–water partition coefficient (Wildman–Crippen LogP) is 2.57. The zero-order valence-corrected chi connectivity index (χ0v) is 13.6. The van der Waals surface area contributed by atoms with Crippen LogP contribution in [0.5, 0.6) is 0 Å². The average Bonchev–Trinajstić information content (AvgIpc) is 2.48. The van der Waals surface area contributed by atoms with Crippen LogP contribution >= 0.6 is 0 Å². The third-order valence-corrected chi connectivity index (χ3v) is 3.88. The summed E-state index contributed by atoms with van der Waals surface area (Å²) in [6.07, 6.45) is 2.27. The van der Waals surface area contributed by atoms with E-state index in [1.165, 1.54) is 5.56 Å². The van der Waals surface area contributed by atoms with Gasteiger partial charge in [-0.15, -0.1) is 0 Å². The number of hydrogen-bond acceptors (Lipinski definition) is 3. The van der Waals surface area contributed by atoms with Crippen molar-refractivity contribution in [2.24, 2.45) is 5.92 Å². The zero-order chi connectivity index (χ0) is 14.9. The van der Waals surface area contributed by atoms with Gasteiger partial charge < -0.3 is 15.0 Å². The summed E-state index contributed by atoms with van der Waals surface area (Å²) in [6, 6.07) is 11.4. The van der Waals surface area contributed by atoms with E-state index in [1.54, 1.807) is 0 Å². The van der Waals surface area contributed by atoms with Crippen LogP contribution in [0.1, 0.15) is 25.8 Å². The second-order valence-electron chi connectivity index (χ2n) is 6.46. The molecule has 0 aromatic heterocycles. The highest BCUT2D eigenvalue weighted by molar-refractivity contribution is 5.16. The van der Waals surface area contributed by atoms with Gasteiger partial charge in [0.15, 0.2) is 0 Å². The fraction of sp³-hybridized carbons (Fsp3) is 0.667. The van der Waals surface area contributed by atoms with Gasteiger partial charge in [0.25, 0.3) is 0 Å². The quantitative estimate of drug-likeness (QED) is 0.745. The van der Waals surface area contributed by atoms with Crippen LogP contribution in [-0.2, 0) is 11.2 Å². The van der Waals surface area contributed by atoms with Crippen molar-refractivity contribution in [1.82, 2.24) is 10.2 Å². The maximum absolute atomic E-state index is 5.67. The van der Waals surface area contributed by atoms with Crippen LogP contribution in [0.4, 0.5) is 0 Å². The lowest BCUT2D eigenvalue weighted by Crippen LogP contribution is -2.51. The second kappa shape index (κ2) is 9.19. The van der Waals surface area contributed by atoms with E-state index in [-0.39, 0.29) is 0 Å². The molecule has 0 amide bonds. The zero-order valence-electron chi connectivity index (χ0n) is 13.6. The van der Waals surface area contributed by atoms with Gasteiger partial charge in [0.1, 0.15) is 0 Å². The first-order valence-corrected chi connectivity index (χ1v) is 8.31. The molecule has 1 aliphatic heterocycles. The molecule has 3 nitrogen and oxygen atoms in total. The summed E-state index contributed by atoms with van der Waals surface area (Å²) in [4.78, 5) is 2.57. The number of ether oxygens (including phenoxy) is 1. The molecule has 21 heavy (non-hydrogen) atoms. The Balaban J connectivity index is 1.64. The van der Waals surface area contributed by atoms with Crippen LogP contribution in [0.2, 0.25) is 0 Å². The minimum absolute atomic E-state index is 0.581. The molecule has 1 unspecified atom stereocenters. The molecule has 0 saturated carbocycles. The van der Waals surface area contributed by atoms with Gasteiger partial charge >= 0.3 is 0 Å². The molecule has 1 aromatic rings. The van der Waals surface area contributed by atoms with Gasteiger partial charge in [-0.3, -0.25) is 0 Å². The fourth-order valence-electron chi connectivity index (χ4n) is 2.84. The van der Waals surface area contributed by atoms with Crippen LogP contribution in [0.25, 0.3) is 0 Å². The van der Waals surface area contributed by atoms with Gasteiger partial charge in [-0.05, 0) is 24.3 Å². The van der Waals surface area contributed by atoms with Gasteiger partial charge in [0, 0.05) is 45.4 Å². The smallest absolute Gasteiger partial charge is 0.0489 e. The van der Waals surface area contributed by atoms with Gasteiger partial charge in [-0.25, -0.2) is 0 Å². The Bertz CT molecular complexity index is 380. The highest BCUT2D eigenvalue weighted by Gasteiger charge is 2.18. The number of piperazine rings is 1. The summed E-state index contributed by atoms with van der Waals surface area (Å²) < 4.78 is 5.67.